The van der Waals surface area contributed by atoms with Crippen molar-refractivity contribution < 1.29 is 28.8 Å². The van der Waals surface area contributed by atoms with Crippen LogP contribution < -0.4 is 25.1 Å². The van der Waals surface area contributed by atoms with Crippen molar-refractivity contribution in [2.24, 2.45) is 4.99 Å². The van der Waals surface area contributed by atoms with Gasteiger partial charge in [-0.3, -0.25) is 10.2 Å². The van der Waals surface area contributed by atoms with Crippen molar-refractivity contribution >= 4 is 17.9 Å². The first kappa shape index (κ1) is 32.3. The number of aliphatic hydroxyl groups is 1. The van der Waals surface area contributed by atoms with Crippen LogP contribution in [0.15, 0.2) is 114 Å². The molecule has 0 unspecified atom stereocenters. The molecule has 0 bridgehead atoms. The number of hydrazine groups is 1. The van der Waals surface area contributed by atoms with Gasteiger partial charge in [-0.05, 0) is 53.1 Å². The van der Waals surface area contributed by atoms with Gasteiger partial charge in [0.1, 0.15) is 5.75 Å². The van der Waals surface area contributed by atoms with E-state index in [4.69, 9.17) is 29.0 Å². The van der Waals surface area contributed by atoms with Gasteiger partial charge in [0.05, 0.1) is 20.8 Å². The molecule has 4 aromatic rings. The number of ether oxygens (including phenoxy) is 4. The second-order valence-electron chi connectivity index (χ2n) is 10.7. The maximum Gasteiger partial charge on any atom is 0.266 e. The largest absolute Gasteiger partial charge is 0.494 e. The Morgan fingerprint density at radius 3 is 2.35 bits per heavy atom. The highest BCUT2D eigenvalue weighted by atomic mass is 16.5. The molecule has 0 fully saturated rings. The van der Waals surface area contributed by atoms with E-state index in [1.807, 2.05) is 115 Å². The van der Waals surface area contributed by atoms with E-state index in [9.17, 15) is 4.79 Å². The van der Waals surface area contributed by atoms with Crippen molar-refractivity contribution in [1.82, 2.24) is 10.9 Å². The van der Waals surface area contributed by atoms with Crippen LogP contribution in [0.2, 0.25) is 0 Å². The van der Waals surface area contributed by atoms with Crippen molar-refractivity contribution in [3.63, 3.8) is 0 Å². The average Bonchev–Trinajstić information content (AvgIpc) is 3.50. The van der Waals surface area contributed by atoms with Crippen LogP contribution in [0.3, 0.4) is 0 Å². The summed E-state index contributed by atoms with van der Waals surface area (Å²) in [6, 6.07) is 32.5. The van der Waals surface area contributed by atoms with Crippen molar-refractivity contribution in [2.45, 2.75) is 31.0 Å². The van der Waals surface area contributed by atoms with Crippen molar-refractivity contribution in [3.8, 4) is 17.2 Å². The summed E-state index contributed by atoms with van der Waals surface area (Å²) in [4.78, 5) is 19.3. The van der Waals surface area contributed by atoms with E-state index in [1.165, 1.54) is 0 Å². The minimum atomic E-state index is -1.33. The van der Waals surface area contributed by atoms with Crippen LogP contribution in [0, 0.1) is 0 Å². The van der Waals surface area contributed by atoms with Crippen LogP contribution in [0.4, 0.5) is 0 Å². The number of carbonyl (C=O) groups is 1. The number of amides is 1. The number of carbonyl (C=O) groups excluding carboxylic acids is 1. The summed E-state index contributed by atoms with van der Waals surface area (Å²) in [5.41, 5.74) is 8.12. The van der Waals surface area contributed by atoms with E-state index in [0.29, 0.717) is 42.7 Å². The summed E-state index contributed by atoms with van der Waals surface area (Å²) in [5, 5.41) is 9.06. The molecule has 1 amide bonds. The number of methoxy groups -OCH3 is 2. The fourth-order valence-electron chi connectivity index (χ4n) is 5.21. The maximum atomic E-state index is 14.3. The van der Waals surface area contributed by atoms with Gasteiger partial charge in [-0.2, -0.15) is 0 Å². The number of rotatable bonds is 15. The minimum Gasteiger partial charge on any atom is -0.494 e. The predicted octanol–water partition coefficient (Wildman–Crippen LogP) is 5.65. The van der Waals surface area contributed by atoms with E-state index in [2.05, 4.69) is 10.9 Å². The number of aliphatic imine (C=N–C) groups is 1. The van der Waals surface area contributed by atoms with E-state index in [-0.39, 0.29) is 18.9 Å². The summed E-state index contributed by atoms with van der Waals surface area (Å²) in [6.45, 7) is 0.819. The zero-order chi connectivity index (χ0) is 32.2. The van der Waals surface area contributed by atoms with E-state index < -0.39 is 11.6 Å². The molecule has 0 saturated carbocycles. The number of benzene rings is 4. The molecule has 1 aliphatic heterocycles. The Bertz CT molecular complexity index is 1630. The lowest BCUT2D eigenvalue weighted by molar-refractivity contribution is -0.129. The lowest BCUT2D eigenvalue weighted by Gasteiger charge is -2.29. The van der Waals surface area contributed by atoms with Gasteiger partial charge in [0.15, 0.2) is 23.1 Å². The van der Waals surface area contributed by atoms with Gasteiger partial charge in [-0.25, -0.2) is 10.4 Å². The molecular formula is C37H39N3O6. The molecule has 0 radical (unpaired) electrons. The highest BCUT2D eigenvalue weighted by molar-refractivity contribution is 6.01. The molecule has 1 aliphatic rings. The molecule has 0 spiro atoms. The minimum absolute atomic E-state index is 0.0651. The fraction of sp³-hybridized carbons (Fsp3) is 0.243. The number of hydrogen-bond acceptors (Lipinski definition) is 8. The Morgan fingerprint density at radius 1 is 0.935 bits per heavy atom. The summed E-state index contributed by atoms with van der Waals surface area (Å²) in [7, 11) is 3.17. The van der Waals surface area contributed by atoms with Gasteiger partial charge >= 0.3 is 0 Å². The zero-order valence-electron chi connectivity index (χ0n) is 26.0. The molecule has 46 heavy (non-hydrogen) atoms. The Labute approximate surface area is 269 Å². The van der Waals surface area contributed by atoms with Gasteiger partial charge < -0.3 is 24.1 Å². The van der Waals surface area contributed by atoms with Gasteiger partial charge in [-0.15, -0.1) is 0 Å². The predicted molar refractivity (Wildman–Crippen MR) is 178 cm³/mol. The van der Waals surface area contributed by atoms with E-state index in [0.717, 1.165) is 22.3 Å². The van der Waals surface area contributed by atoms with Gasteiger partial charge in [0, 0.05) is 31.6 Å². The second kappa shape index (κ2) is 15.7. The van der Waals surface area contributed by atoms with Crippen LogP contribution in [0.25, 0.3) is 6.08 Å². The second-order valence-corrected chi connectivity index (χ2v) is 10.7. The molecule has 0 aromatic heterocycles. The molecule has 5 rings (SSSR count). The zero-order valence-corrected chi connectivity index (χ0v) is 26.0. The van der Waals surface area contributed by atoms with Crippen molar-refractivity contribution in [1.29, 1.82) is 0 Å². The molecule has 0 aliphatic carbocycles. The first-order chi connectivity index (χ1) is 22.6. The Morgan fingerprint density at radius 2 is 1.65 bits per heavy atom. The summed E-state index contributed by atoms with van der Waals surface area (Å²) < 4.78 is 23.0. The molecule has 9 heteroatoms. The highest BCUT2D eigenvalue weighted by Crippen LogP contribution is 2.43. The summed E-state index contributed by atoms with van der Waals surface area (Å²) in [6.07, 6.45) is 4.07. The Balaban J connectivity index is 1.45. The third-order valence-corrected chi connectivity index (χ3v) is 7.61. The number of nitrogens with zero attached hydrogens (tertiary/aromatic N) is 1. The normalized spacial score (nSPS) is 17.3. The molecule has 3 N–H and O–H groups in total. The highest BCUT2D eigenvalue weighted by Gasteiger charge is 2.52. The molecule has 4 aromatic carbocycles. The molecule has 1 heterocycles. The van der Waals surface area contributed by atoms with Crippen LogP contribution in [0.5, 0.6) is 17.2 Å². The smallest absolute Gasteiger partial charge is 0.266 e. The molecule has 0 saturated heterocycles. The lowest BCUT2D eigenvalue weighted by Crippen LogP contribution is -2.52. The standard InChI is InChI=1S/C37H39N3O6/c1-43-32-21-16-28(25-33(32)44-2)26-38-40-36(42)37(22-9-13-27-11-5-3-6-12-27)34(29-14-7-4-8-15-29)46-35(39-37)30-17-19-31(20-18-30)45-24-10-23-41/h3-9,11-21,25,34,38,41H,10,22-24,26H2,1-2H3,(H,40,42)/b13-9+/t34-,37-/m0/s1. The average molecular weight is 622 g/mol. The number of hydrogen-bond donors (Lipinski definition) is 3. The van der Waals surface area contributed by atoms with E-state index >= 15 is 0 Å². The van der Waals surface area contributed by atoms with Crippen molar-refractivity contribution in [2.75, 3.05) is 27.4 Å². The quantitative estimate of drug-likeness (QED) is 0.116. The van der Waals surface area contributed by atoms with Gasteiger partial charge in [0.2, 0.25) is 5.90 Å². The van der Waals surface area contributed by atoms with Crippen LogP contribution in [0.1, 0.15) is 41.2 Å². The molecule has 9 nitrogen and oxygen atoms in total. The molecule has 238 valence electrons. The SMILES string of the molecule is COc1ccc(CNNC(=O)[C@@]2(C/C=C/c3ccccc3)N=C(c3ccc(OCCCO)cc3)O[C@H]2c2ccccc2)cc1OC. The fourth-order valence-corrected chi connectivity index (χ4v) is 5.21. The van der Waals surface area contributed by atoms with Crippen LogP contribution >= 0.6 is 0 Å². The summed E-state index contributed by atoms with van der Waals surface area (Å²) in [5.74, 6) is 1.92. The summed E-state index contributed by atoms with van der Waals surface area (Å²) >= 11 is 0. The molecule has 2 atom stereocenters. The number of nitrogens with one attached hydrogen (secondary N) is 2. The van der Waals surface area contributed by atoms with Crippen LogP contribution in [-0.4, -0.2) is 49.9 Å². The first-order valence-corrected chi connectivity index (χ1v) is 15.2. The maximum absolute atomic E-state index is 14.3. The third kappa shape index (κ3) is 7.74. The lowest BCUT2D eigenvalue weighted by atomic mass is 9.84. The Hall–Kier alpha value is -5.12. The topological polar surface area (TPSA) is 111 Å². The molecular weight excluding hydrogens is 582 g/mol. The Kier molecular flexibility index (Phi) is 11.0. The number of aliphatic hydroxyl groups excluding tert-OH is 1. The first-order valence-electron chi connectivity index (χ1n) is 15.2. The van der Waals surface area contributed by atoms with Crippen molar-refractivity contribution in [3.05, 3.63) is 131 Å². The van der Waals surface area contributed by atoms with Gasteiger partial charge in [-0.1, -0.05) is 78.9 Å². The van der Waals surface area contributed by atoms with E-state index in [1.54, 1.807) is 14.2 Å². The third-order valence-electron chi connectivity index (χ3n) is 7.61. The van der Waals surface area contributed by atoms with Crippen LogP contribution in [-0.2, 0) is 16.1 Å². The van der Waals surface area contributed by atoms with Gasteiger partial charge in [0.25, 0.3) is 5.91 Å². The monoisotopic (exact) mass is 621 g/mol.